The average molecular weight is 975 g/mol. The summed E-state index contributed by atoms with van der Waals surface area (Å²) in [5, 5.41) is 0. The Morgan fingerprint density at radius 1 is 0.296 bits per heavy atom. The minimum Gasteiger partial charge on any atom is -0.462 e. The molecule has 0 rings (SSSR count). The van der Waals surface area contributed by atoms with Gasteiger partial charge in [0.25, 0.3) is 0 Å². The summed E-state index contributed by atoms with van der Waals surface area (Å²) in [5.41, 5.74) is 0. The smallest absolute Gasteiger partial charge is 0.306 e. The quantitative estimate of drug-likeness (QED) is 0.0262. The van der Waals surface area contributed by atoms with Crippen molar-refractivity contribution in [2.24, 2.45) is 0 Å². The molecule has 6 heteroatoms. The molecule has 0 saturated carbocycles. The zero-order valence-corrected chi connectivity index (χ0v) is 44.9. The number of hydrogen-bond acceptors (Lipinski definition) is 6. The first kappa shape index (κ1) is 65.8. The zero-order valence-electron chi connectivity index (χ0n) is 44.9. The van der Waals surface area contributed by atoms with Crippen LogP contribution < -0.4 is 0 Å². The van der Waals surface area contributed by atoms with Crippen molar-refractivity contribution in [3.8, 4) is 0 Å². The summed E-state index contributed by atoms with van der Waals surface area (Å²) in [6, 6.07) is 0. The summed E-state index contributed by atoms with van der Waals surface area (Å²) in [4.78, 5) is 37.7. The number of carbonyl (C=O) groups excluding carboxylic acids is 3. The highest BCUT2D eigenvalue weighted by atomic mass is 16.6. The SMILES string of the molecule is CC/C=C\C/C=C\C/C=C\C/C=C\C/C=C\C/C=C\C/C=C\C/C=C\C/C=C\CCCCCC(=O)OCC(COC(=O)CCCCCCC)OC(=O)CCC/C=C\C/C=C\C/C=C\C/C=C\C/C=C\CC. The van der Waals surface area contributed by atoms with Crippen molar-refractivity contribution in [3.63, 3.8) is 0 Å². The van der Waals surface area contributed by atoms with Gasteiger partial charge in [0.15, 0.2) is 6.10 Å². The Morgan fingerprint density at radius 3 is 0.887 bits per heavy atom. The molecular formula is C65H98O6. The van der Waals surface area contributed by atoms with Gasteiger partial charge in [-0.25, -0.2) is 0 Å². The Hall–Kier alpha value is -5.23. The maximum absolute atomic E-state index is 12.7. The molecule has 1 atom stereocenters. The molecule has 0 saturated heterocycles. The van der Waals surface area contributed by atoms with Crippen LogP contribution in [0.3, 0.4) is 0 Å². The van der Waals surface area contributed by atoms with E-state index >= 15 is 0 Å². The molecule has 6 nitrogen and oxygen atoms in total. The van der Waals surface area contributed by atoms with Crippen molar-refractivity contribution < 1.29 is 28.6 Å². The van der Waals surface area contributed by atoms with Crippen LogP contribution in [0.15, 0.2) is 170 Å². The van der Waals surface area contributed by atoms with Crippen molar-refractivity contribution >= 4 is 17.9 Å². The lowest BCUT2D eigenvalue weighted by Gasteiger charge is -2.18. The van der Waals surface area contributed by atoms with E-state index in [1.165, 1.54) is 0 Å². The maximum Gasteiger partial charge on any atom is 0.306 e. The Balaban J connectivity index is 4.28. The lowest BCUT2D eigenvalue weighted by Crippen LogP contribution is -2.30. The fourth-order valence-electron chi connectivity index (χ4n) is 6.64. The molecule has 0 aromatic rings. The third-order valence-electron chi connectivity index (χ3n) is 10.7. The van der Waals surface area contributed by atoms with Gasteiger partial charge in [-0.2, -0.15) is 0 Å². The predicted molar refractivity (Wildman–Crippen MR) is 306 cm³/mol. The van der Waals surface area contributed by atoms with Crippen molar-refractivity contribution in [2.45, 2.75) is 207 Å². The van der Waals surface area contributed by atoms with Gasteiger partial charge < -0.3 is 14.2 Å². The normalized spacial score (nSPS) is 13.5. The minimum absolute atomic E-state index is 0.120. The summed E-state index contributed by atoms with van der Waals surface area (Å²) in [6.45, 7) is 6.21. The van der Waals surface area contributed by atoms with E-state index in [0.717, 1.165) is 154 Å². The number of carbonyl (C=O) groups is 3. The fourth-order valence-corrected chi connectivity index (χ4v) is 6.64. The van der Waals surface area contributed by atoms with Crippen LogP contribution in [0.4, 0.5) is 0 Å². The van der Waals surface area contributed by atoms with E-state index < -0.39 is 6.10 Å². The molecule has 0 heterocycles. The molecule has 0 spiro atoms. The third-order valence-corrected chi connectivity index (χ3v) is 10.7. The van der Waals surface area contributed by atoms with Gasteiger partial charge in [0.1, 0.15) is 13.2 Å². The van der Waals surface area contributed by atoms with Crippen LogP contribution in [0.25, 0.3) is 0 Å². The molecule has 0 aliphatic rings. The first-order valence-corrected chi connectivity index (χ1v) is 27.6. The highest BCUT2D eigenvalue weighted by molar-refractivity contribution is 5.71. The number of esters is 3. The van der Waals surface area contributed by atoms with Gasteiger partial charge in [0, 0.05) is 19.3 Å². The summed E-state index contributed by atoms with van der Waals surface area (Å²) >= 11 is 0. The van der Waals surface area contributed by atoms with E-state index in [2.05, 4.69) is 191 Å². The maximum atomic E-state index is 12.7. The van der Waals surface area contributed by atoms with Crippen LogP contribution in [0.5, 0.6) is 0 Å². The van der Waals surface area contributed by atoms with E-state index in [9.17, 15) is 14.4 Å². The van der Waals surface area contributed by atoms with Crippen molar-refractivity contribution in [1.82, 2.24) is 0 Å². The Morgan fingerprint density at radius 2 is 0.563 bits per heavy atom. The van der Waals surface area contributed by atoms with E-state index in [1.54, 1.807) is 0 Å². The van der Waals surface area contributed by atoms with Gasteiger partial charge in [-0.05, 0) is 128 Å². The first-order valence-electron chi connectivity index (χ1n) is 27.6. The number of allylic oxidation sites excluding steroid dienone is 28. The van der Waals surface area contributed by atoms with Gasteiger partial charge in [-0.3, -0.25) is 14.4 Å². The van der Waals surface area contributed by atoms with Crippen LogP contribution >= 0.6 is 0 Å². The lowest BCUT2D eigenvalue weighted by atomic mass is 10.1. The van der Waals surface area contributed by atoms with Crippen LogP contribution in [-0.4, -0.2) is 37.2 Å². The monoisotopic (exact) mass is 975 g/mol. The summed E-state index contributed by atoms with van der Waals surface area (Å²) in [6.07, 6.45) is 85.4. The molecule has 0 amide bonds. The molecule has 0 fully saturated rings. The van der Waals surface area contributed by atoms with Gasteiger partial charge >= 0.3 is 17.9 Å². The van der Waals surface area contributed by atoms with Crippen molar-refractivity contribution in [3.05, 3.63) is 170 Å². The van der Waals surface area contributed by atoms with E-state index in [1.807, 2.05) is 0 Å². The van der Waals surface area contributed by atoms with Gasteiger partial charge in [-0.15, -0.1) is 0 Å². The van der Waals surface area contributed by atoms with Crippen molar-refractivity contribution in [2.75, 3.05) is 13.2 Å². The molecule has 0 aliphatic carbocycles. The van der Waals surface area contributed by atoms with E-state index in [0.29, 0.717) is 19.3 Å². The number of unbranched alkanes of at least 4 members (excludes halogenated alkanes) is 8. The Bertz CT molecular complexity index is 1690. The lowest BCUT2D eigenvalue weighted by molar-refractivity contribution is -0.167. The molecule has 0 N–H and O–H groups in total. The second-order valence-corrected chi connectivity index (χ2v) is 17.4. The second kappa shape index (κ2) is 57.3. The van der Waals surface area contributed by atoms with Gasteiger partial charge in [-0.1, -0.05) is 223 Å². The average Bonchev–Trinajstić information content (AvgIpc) is 3.37. The Labute approximate surface area is 434 Å². The molecule has 1 unspecified atom stereocenters. The molecule has 394 valence electrons. The van der Waals surface area contributed by atoms with Crippen molar-refractivity contribution in [1.29, 1.82) is 0 Å². The highest BCUT2D eigenvalue weighted by Crippen LogP contribution is 2.10. The Kier molecular flexibility index (Phi) is 53.1. The summed E-state index contributed by atoms with van der Waals surface area (Å²) in [5.74, 6) is -1.04. The predicted octanol–water partition coefficient (Wildman–Crippen LogP) is 18.8. The van der Waals surface area contributed by atoms with E-state index in [4.69, 9.17) is 14.2 Å². The summed E-state index contributed by atoms with van der Waals surface area (Å²) < 4.78 is 16.6. The van der Waals surface area contributed by atoms with E-state index in [-0.39, 0.29) is 37.5 Å². The van der Waals surface area contributed by atoms with Crippen LogP contribution in [0.2, 0.25) is 0 Å². The highest BCUT2D eigenvalue weighted by Gasteiger charge is 2.19. The largest absolute Gasteiger partial charge is 0.462 e. The molecule has 0 aliphatic heterocycles. The number of rotatable bonds is 47. The molecule has 0 aromatic heterocycles. The standard InChI is InChI=1S/C65H98O6/c1-4-7-10-13-15-17-19-21-23-25-26-27-28-29-30-31-32-33-34-35-36-37-38-40-41-43-45-47-49-52-55-58-64(67)70-61-62(60-69-63(66)57-54-51-12-9-6-3)71-65(68)59-56-53-50-48-46-44-42-39-24-22-20-18-16-14-11-8-5-2/h7-8,10-11,15-18,21-24,26-27,29-30,32-33,35-36,38,40,42-45,48,50,62H,4-6,9,12-14,19-20,25,28,31,34,37,39,41,46-47,49,51-61H2,1-3H3/b10-7-,11-8-,17-15-,18-16-,23-21-,24-22-,27-26-,30-29-,33-32-,36-35-,40-38-,44-42-,45-43-,50-48-. The number of ether oxygens (including phenoxy) is 3. The molecule has 0 bridgehead atoms. The zero-order chi connectivity index (χ0) is 51.4. The molecule has 71 heavy (non-hydrogen) atoms. The topological polar surface area (TPSA) is 78.9 Å². The summed E-state index contributed by atoms with van der Waals surface area (Å²) in [7, 11) is 0. The molecule has 0 radical (unpaired) electrons. The van der Waals surface area contributed by atoms with Crippen LogP contribution in [-0.2, 0) is 28.6 Å². The third kappa shape index (κ3) is 55.6. The fraction of sp³-hybridized carbons (Fsp3) is 0.523. The van der Waals surface area contributed by atoms with Crippen LogP contribution in [0.1, 0.15) is 201 Å². The first-order chi connectivity index (χ1) is 35.0. The molecule has 0 aromatic carbocycles. The number of hydrogen-bond donors (Lipinski definition) is 0. The molecular weight excluding hydrogens is 877 g/mol. The van der Waals surface area contributed by atoms with Gasteiger partial charge in [0.2, 0.25) is 0 Å². The minimum atomic E-state index is -0.826. The van der Waals surface area contributed by atoms with Gasteiger partial charge in [0.05, 0.1) is 0 Å². The second-order valence-electron chi connectivity index (χ2n) is 17.4. The van der Waals surface area contributed by atoms with Crippen LogP contribution in [0, 0.1) is 0 Å².